The van der Waals surface area contributed by atoms with E-state index in [0.29, 0.717) is 22.8 Å². The van der Waals surface area contributed by atoms with Crippen molar-refractivity contribution in [3.63, 3.8) is 0 Å². The normalized spacial score (nSPS) is 19.3. The van der Waals surface area contributed by atoms with E-state index in [1.165, 1.54) is 12.0 Å². The van der Waals surface area contributed by atoms with Gasteiger partial charge < -0.3 is 19.3 Å². The molecule has 2 aliphatic heterocycles. The summed E-state index contributed by atoms with van der Waals surface area (Å²) < 4.78 is 23.3. The Morgan fingerprint density at radius 1 is 1.28 bits per heavy atom. The van der Waals surface area contributed by atoms with E-state index in [1.54, 1.807) is 25.0 Å². The number of anilines is 1. The van der Waals surface area contributed by atoms with Crippen LogP contribution >= 0.6 is 0 Å². The highest BCUT2D eigenvalue weighted by molar-refractivity contribution is 5.95. The summed E-state index contributed by atoms with van der Waals surface area (Å²) in [6.45, 7) is 4.01. The van der Waals surface area contributed by atoms with Crippen LogP contribution in [0.3, 0.4) is 0 Å². The minimum atomic E-state index is -0.943. The van der Waals surface area contributed by atoms with E-state index in [9.17, 15) is 14.0 Å². The molecule has 1 atom stereocenters. The minimum Gasteiger partial charge on any atom is -0.453 e. The van der Waals surface area contributed by atoms with Gasteiger partial charge in [-0.25, -0.2) is 14.2 Å². The molecule has 1 aromatic carbocycles. The van der Waals surface area contributed by atoms with E-state index >= 15 is 0 Å². The summed E-state index contributed by atoms with van der Waals surface area (Å²) in [6.07, 6.45) is -0.269. The third kappa shape index (κ3) is 4.56. The number of benzene rings is 1. The van der Waals surface area contributed by atoms with Crippen LogP contribution in [-0.2, 0) is 14.3 Å². The summed E-state index contributed by atoms with van der Waals surface area (Å²) in [7, 11) is 2.84. The number of hydrogen-bond acceptors (Lipinski definition) is 6. The smallest absolute Gasteiger partial charge is 0.411 e. The molecule has 2 aliphatic rings. The Morgan fingerprint density at radius 2 is 2.00 bits per heavy atom. The van der Waals surface area contributed by atoms with E-state index < -0.39 is 18.5 Å². The van der Waals surface area contributed by atoms with Gasteiger partial charge >= 0.3 is 6.09 Å². The molecule has 0 aliphatic carbocycles. The summed E-state index contributed by atoms with van der Waals surface area (Å²) in [4.78, 5) is 31.9. The number of carbonyl (C=O) groups is 2. The number of amidine groups is 1. The molecule has 0 saturated carbocycles. The molecule has 0 aromatic heterocycles. The van der Waals surface area contributed by atoms with E-state index in [4.69, 9.17) is 9.47 Å². The second-order valence-corrected chi connectivity index (χ2v) is 7.03. The Kier molecular flexibility index (Phi) is 6.17. The fraction of sp³-hybridized carbons (Fsp3) is 0.450. The van der Waals surface area contributed by atoms with Crippen molar-refractivity contribution >= 4 is 29.2 Å². The van der Waals surface area contributed by atoms with Crippen LogP contribution in [-0.4, -0.2) is 73.9 Å². The van der Waals surface area contributed by atoms with Gasteiger partial charge in [-0.05, 0) is 31.6 Å². The largest absolute Gasteiger partial charge is 0.453 e. The number of aryl methyl sites for hydroxylation is 1. The SMILES string of the molecule is COC(=O)Nc1cc(C)ccc1C1=CC(OC)N(CC(=O)N2CC(F)C2)C(C)=N1. The van der Waals surface area contributed by atoms with Crippen molar-refractivity contribution in [1.29, 1.82) is 0 Å². The second-order valence-electron chi connectivity index (χ2n) is 7.03. The van der Waals surface area contributed by atoms with Gasteiger partial charge in [0.2, 0.25) is 5.91 Å². The lowest BCUT2D eigenvalue weighted by molar-refractivity contribution is -0.140. The highest BCUT2D eigenvalue weighted by atomic mass is 19.1. The van der Waals surface area contributed by atoms with Crippen LogP contribution < -0.4 is 5.32 Å². The Labute approximate surface area is 169 Å². The number of rotatable bonds is 5. The molecule has 0 bridgehead atoms. The molecular weight excluding hydrogens is 379 g/mol. The van der Waals surface area contributed by atoms with Crippen molar-refractivity contribution in [2.75, 3.05) is 39.2 Å². The van der Waals surface area contributed by atoms with Gasteiger partial charge in [-0.15, -0.1) is 0 Å². The quantitative estimate of drug-likeness (QED) is 0.815. The molecule has 2 amide bonds. The standard InChI is InChI=1S/C20H25FN4O4/c1-12-5-6-15(16(7-12)23-20(27)29-4)17-8-19(28-3)25(13(2)22-17)11-18(26)24-9-14(21)10-24/h5-8,14,19H,9-11H2,1-4H3,(H,23,27). The molecule has 2 heterocycles. The number of amides is 2. The molecule has 1 saturated heterocycles. The number of nitrogens with one attached hydrogen (secondary N) is 1. The monoisotopic (exact) mass is 404 g/mol. The lowest BCUT2D eigenvalue weighted by atomic mass is 10.0. The first-order valence-electron chi connectivity index (χ1n) is 9.26. The first-order valence-corrected chi connectivity index (χ1v) is 9.26. The van der Waals surface area contributed by atoms with Crippen LogP contribution in [0, 0.1) is 6.92 Å². The van der Waals surface area contributed by atoms with Crippen LogP contribution in [0.1, 0.15) is 18.1 Å². The van der Waals surface area contributed by atoms with Gasteiger partial charge in [0.05, 0.1) is 31.6 Å². The van der Waals surface area contributed by atoms with Crippen molar-refractivity contribution in [2.45, 2.75) is 26.2 Å². The number of alkyl halides is 1. The predicted octanol–water partition coefficient (Wildman–Crippen LogP) is 2.40. The number of aliphatic imine (C=N–C) groups is 1. The molecule has 0 radical (unpaired) electrons. The third-order valence-electron chi connectivity index (χ3n) is 4.92. The molecule has 3 rings (SSSR count). The fourth-order valence-corrected chi connectivity index (χ4v) is 3.25. The number of methoxy groups -OCH3 is 2. The van der Waals surface area contributed by atoms with Crippen molar-refractivity contribution in [3.8, 4) is 0 Å². The first-order chi connectivity index (χ1) is 13.8. The molecule has 1 unspecified atom stereocenters. The van der Waals surface area contributed by atoms with Crippen molar-refractivity contribution in [3.05, 3.63) is 35.4 Å². The van der Waals surface area contributed by atoms with Crippen molar-refractivity contribution in [1.82, 2.24) is 9.80 Å². The number of nitrogens with zero attached hydrogens (tertiary/aromatic N) is 3. The minimum absolute atomic E-state index is 0.0471. The second kappa shape index (κ2) is 8.60. The predicted molar refractivity (Wildman–Crippen MR) is 107 cm³/mol. The number of halogens is 1. The average molecular weight is 404 g/mol. The fourth-order valence-electron chi connectivity index (χ4n) is 3.25. The summed E-state index contributed by atoms with van der Waals surface area (Å²) >= 11 is 0. The average Bonchev–Trinajstić information content (AvgIpc) is 2.66. The van der Waals surface area contributed by atoms with Gasteiger partial charge in [0, 0.05) is 12.7 Å². The molecule has 156 valence electrons. The topological polar surface area (TPSA) is 83.5 Å². The Hall–Kier alpha value is -2.94. The van der Waals surface area contributed by atoms with E-state index in [1.807, 2.05) is 25.1 Å². The molecule has 0 spiro atoms. The summed E-state index contributed by atoms with van der Waals surface area (Å²) in [5.74, 6) is 0.417. The molecule has 1 fully saturated rings. The van der Waals surface area contributed by atoms with Crippen molar-refractivity contribution in [2.24, 2.45) is 4.99 Å². The summed E-state index contributed by atoms with van der Waals surface area (Å²) in [5, 5.41) is 2.70. The number of hydrogen-bond donors (Lipinski definition) is 1. The zero-order valence-electron chi connectivity index (χ0n) is 16.9. The van der Waals surface area contributed by atoms with Gasteiger partial charge in [0.1, 0.15) is 18.6 Å². The maximum Gasteiger partial charge on any atom is 0.411 e. The zero-order chi connectivity index (χ0) is 21.1. The number of likely N-dealkylation sites (tertiary alicyclic amines) is 1. The van der Waals surface area contributed by atoms with Gasteiger partial charge in [-0.3, -0.25) is 10.1 Å². The van der Waals surface area contributed by atoms with Crippen molar-refractivity contribution < 1.29 is 23.5 Å². The van der Waals surface area contributed by atoms with Gasteiger partial charge in [-0.1, -0.05) is 12.1 Å². The molecule has 29 heavy (non-hydrogen) atoms. The molecule has 8 nitrogen and oxygen atoms in total. The Balaban J connectivity index is 1.84. The van der Waals surface area contributed by atoms with Gasteiger partial charge in [0.25, 0.3) is 0 Å². The summed E-state index contributed by atoms with van der Waals surface area (Å²) in [5.41, 5.74) is 2.84. The molecule has 1 N–H and O–H groups in total. The highest BCUT2D eigenvalue weighted by Gasteiger charge is 2.33. The van der Waals surface area contributed by atoms with Gasteiger partial charge in [0.15, 0.2) is 6.23 Å². The van der Waals surface area contributed by atoms with Crippen LogP contribution in [0.15, 0.2) is 29.3 Å². The van der Waals surface area contributed by atoms with E-state index in [-0.39, 0.29) is 25.5 Å². The van der Waals surface area contributed by atoms with Gasteiger partial charge in [-0.2, -0.15) is 0 Å². The Morgan fingerprint density at radius 3 is 2.62 bits per heavy atom. The number of ether oxygens (including phenoxy) is 2. The highest BCUT2D eigenvalue weighted by Crippen LogP contribution is 2.30. The van der Waals surface area contributed by atoms with Crippen LogP contribution in [0.2, 0.25) is 0 Å². The zero-order valence-corrected chi connectivity index (χ0v) is 16.9. The Bertz CT molecular complexity index is 864. The molecule has 1 aromatic rings. The maximum atomic E-state index is 13.0. The van der Waals surface area contributed by atoms with Crippen LogP contribution in [0.4, 0.5) is 14.9 Å². The molecular formula is C20H25FN4O4. The van der Waals surface area contributed by atoms with E-state index in [2.05, 4.69) is 10.3 Å². The van der Waals surface area contributed by atoms with Crippen LogP contribution in [0.5, 0.6) is 0 Å². The lowest BCUT2D eigenvalue weighted by Gasteiger charge is -2.38. The third-order valence-corrected chi connectivity index (χ3v) is 4.92. The maximum absolute atomic E-state index is 13.0. The molecule has 9 heteroatoms. The summed E-state index contributed by atoms with van der Waals surface area (Å²) in [6, 6.07) is 5.60. The van der Waals surface area contributed by atoms with Crippen LogP contribution in [0.25, 0.3) is 5.70 Å². The number of carbonyl (C=O) groups excluding carboxylic acids is 2. The first kappa shape index (κ1) is 20.8. The van der Waals surface area contributed by atoms with E-state index in [0.717, 1.165) is 5.56 Å². The lowest BCUT2D eigenvalue weighted by Crippen LogP contribution is -2.56.